The van der Waals surface area contributed by atoms with E-state index >= 15 is 0 Å². The molecule has 2 aliphatic rings. The van der Waals surface area contributed by atoms with E-state index in [1.54, 1.807) is 12.1 Å². The number of carbonyl (C=O) groups is 2. The summed E-state index contributed by atoms with van der Waals surface area (Å²) in [6.45, 7) is 7.93. The Morgan fingerprint density at radius 1 is 0.957 bits per heavy atom. The summed E-state index contributed by atoms with van der Waals surface area (Å²) in [5.74, 6) is 0.150. The first kappa shape index (κ1) is 33.1. The number of hydrazine groups is 1. The molecular weight excluding hydrogens is 586 g/mol. The van der Waals surface area contributed by atoms with Crippen molar-refractivity contribution in [2.24, 2.45) is 4.99 Å². The minimum Gasteiger partial charge on any atom is -0.494 e. The lowest BCUT2D eigenvalue weighted by Crippen LogP contribution is -2.56. The van der Waals surface area contributed by atoms with Crippen LogP contribution < -0.4 is 10.2 Å². The molecule has 2 heterocycles. The zero-order chi connectivity index (χ0) is 32.6. The molecule has 0 unspecified atom stereocenters. The lowest BCUT2D eigenvalue weighted by atomic mass is 9.83. The monoisotopic (exact) mass is 629 g/mol. The highest BCUT2D eigenvalue weighted by molar-refractivity contribution is 6.01. The van der Waals surface area contributed by atoms with E-state index in [-0.39, 0.29) is 25.4 Å². The second kappa shape index (κ2) is 14.9. The Hall–Kier alpha value is -4.25. The molecule has 244 valence electrons. The zero-order valence-electron chi connectivity index (χ0n) is 26.7. The first-order valence-corrected chi connectivity index (χ1v) is 15.8. The Bertz CT molecular complexity index is 1480. The summed E-state index contributed by atoms with van der Waals surface area (Å²) in [5, 5.41) is 10.9. The van der Waals surface area contributed by atoms with Crippen molar-refractivity contribution in [3.63, 3.8) is 0 Å². The van der Waals surface area contributed by atoms with Crippen LogP contribution in [-0.2, 0) is 23.8 Å². The third-order valence-corrected chi connectivity index (χ3v) is 7.75. The first-order valence-electron chi connectivity index (χ1n) is 15.8. The van der Waals surface area contributed by atoms with Crippen LogP contribution in [0.1, 0.15) is 57.3 Å². The van der Waals surface area contributed by atoms with Crippen molar-refractivity contribution in [3.05, 3.63) is 90.0 Å². The van der Waals surface area contributed by atoms with Crippen molar-refractivity contribution in [2.75, 3.05) is 39.5 Å². The van der Waals surface area contributed by atoms with Gasteiger partial charge in [-0.1, -0.05) is 54.6 Å². The molecule has 3 aromatic rings. The number of hydrogen-bond acceptors (Lipinski definition) is 9. The highest BCUT2D eigenvalue weighted by Gasteiger charge is 2.54. The van der Waals surface area contributed by atoms with Crippen LogP contribution in [0.3, 0.4) is 0 Å². The van der Waals surface area contributed by atoms with Crippen molar-refractivity contribution in [2.45, 2.75) is 57.3 Å². The molecule has 0 spiro atoms. The molecule has 5 rings (SSSR count). The van der Waals surface area contributed by atoms with E-state index in [0.29, 0.717) is 56.5 Å². The molecule has 2 aliphatic heterocycles. The maximum Gasteiger partial charge on any atom is 0.306 e. The number of nitrogens with one attached hydrogen (secondary N) is 1. The maximum atomic E-state index is 14.4. The number of amides is 1. The molecule has 0 aliphatic carbocycles. The molecule has 2 N–H and O–H groups in total. The predicted molar refractivity (Wildman–Crippen MR) is 174 cm³/mol. The van der Waals surface area contributed by atoms with Gasteiger partial charge < -0.3 is 24.1 Å². The Morgan fingerprint density at radius 3 is 2.26 bits per heavy atom. The van der Waals surface area contributed by atoms with E-state index < -0.39 is 23.2 Å². The van der Waals surface area contributed by atoms with Gasteiger partial charge in [0, 0.05) is 38.1 Å². The Morgan fingerprint density at radius 2 is 1.61 bits per heavy atom. The number of ether oxygens (including phenoxy) is 4. The topological polar surface area (TPSA) is 119 Å². The minimum absolute atomic E-state index is 0.0375. The number of carbonyl (C=O) groups excluding carboxylic acids is 2. The maximum absolute atomic E-state index is 14.4. The molecule has 0 saturated carbocycles. The van der Waals surface area contributed by atoms with Gasteiger partial charge in [0.25, 0.3) is 5.91 Å². The first-order chi connectivity index (χ1) is 22.2. The van der Waals surface area contributed by atoms with Crippen LogP contribution in [0.4, 0.5) is 0 Å². The van der Waals surface area contributed by atoms with E-state index in [1.165, 1.54) is 0 Å². The average molecular weight is 630 g/mol. The van der Waals surface area contributed by atoms with E-state index in [4.69, 9.17) is 29.0 Å². The average Bonchev–Trinajstić information content (AvgIpc) is 3.45. The Balaban J connectivity index is 1.52. The molecule has 10 nitrogen and oxygen atoms in total. The van der Waals surface area contributed by atoms with Gasteiger partial charge in [0.2, 0.25) is 5.90 Å². The molecule has 1 saturated heterocycles. The second-order valence-corrected chi connectivity index (χ2v) is 12.4. The fourth-order valence-electron chi connectivity index (χ4n) is 5.45. The number of aliphatic hydroxyl groups excluding tert-OH is 1. The molecule has 46 heavy (non-hydrogen) atoms. The lowest BCUT2D eigenvalue weighted by molar-refractivity contribution is -0.155. The van der Waals surface area contributed by atoms with E-state index in [2.05, 4.69) is 5.43 Å². The highest BCUT2D eigenvalue weighted by atomic mass is 16.6. The molecule has 1 amide bonds. The van der Waals surface area contributed by atoms with Crippen LogP contribution in [0, 0.1) is 0 Å². The molecular formula is C36H43N3O7. The fraction of sp³-hybridized carbons (Fsp3) is 0.417. The zero-order valence-corrected chi connectivity index (χ0v) is 26.7. The van der Waals surface area contributed by atoms with Gasteiger partial charge in [-0.05, 0) is 68.1 Å². The largest absolute Gasteiger partial charge is 0.494 e. The smallest absolute Gasteiger partial charge is 0.306 e. The number of esters is 1. The summed E-state index contributed by atoms with van der Waals surface area (Å²) in [6, 6.07) is 25.2. The lowest BCUT2D eigenvalue weighted by Gasteiger charge is -2.34. The fourth-order valence-corrected chi connectivity index (χ4v) is 5.45. The quantitative estimate of drug-likeness (QED) is 0.216. The Labute approximate surface area is 270 Å². The second-order valence-electron chi connectivity index (χ2n) is 12.4. The van der Waals surface area contributed by atoms with Crippen LogP contribution in [0.2, 0.25) is 0 Å². The molecule has 0 radical (unpaired) electrons. The molecule has 10 heteroatoms. The number of aliphatic hydroxyl groups is 1. The number of benzene rings is 3. The van der Waals surface area contributed by atoms with Crippen molar-refractivity contribution in [1.29, 1.82) is 0 Å². The van der Waals surface area contributed by atoms with Gasteiger partial charge in [0.1, 0.15) is 11.4 Å². The molecule has 2 atom stereocenters. The van der Waals surface area contributed by atoms with E-state index in [0.717, 1.165) is 16.7 Å². The van der Waals surface area contributed by atoms with Gasteiger partial charge in [0.05, 0.1) is 19.8 Å². The van der Waals surface area contributed by atoms with Crippen LogP contribution >= 0.6 is 0 Å². The number of rotatable bonds is 12. The summed E-state index contributed by atoms with van der Waals surface area (Å²) >= 11 is 0. The van der Waals surface area contributed by atoms with Gasteiger partial charge in [-0.3, -0.25) is 15.0 Å². The van der Waals surface area contributed by atoms with Crippen LogP contribution in [-0.4, -0.2) is 78.5 Å². The molecule has 3 aromatic carbocycles. The summed E-state index contributed by atoms with van der Waals surface area (Å²) in [5.41, 5.74) is 4.42. The van der Waals surface area contributed by atoms with Crippen molar-refractivity contribution in [1.82, 2.24) is 10.4 Å². The third-order valence-electron chi connectivity index (χ3n) is 7.75. The van der Waals surface area contributed by atoms with Gasteiger partial charge in [-0.25, -0.2) is 10.0 Å². The molecule has 1 fully saturated rings. The number of hydrogen-bond donors (Lipinski definition) is 2. The standard InChI is InChI=1S/C36H43N3O7/c1-35(2,3)46-31(41)18-19-36(34(42)38-39-20-24-43-25-21-39)32(28-12-10-27(11-13-28)26-8-5-4-6-9-26)45-33(37-36)29-14-16-30(17-15-29)44-23-7-22-40/h4-6,8-17,32,40H,7,18-25H2,1-3H3,(H,38,42)/t32-,36-/m0/s1. The van der Waals surface area contributed by atoms with Crippen molar-refractivity contribution >= 4 is 17.8 Å². The summed E-state index contributed by atoms with van der Waals surface area (Å²) < 4.78 is 23.4. The third kappa shape index (κ3) is 8.31. The SMILES string of the molecule is CC(C)(C)OC(=O)CC[C@]1(C(=O)NN2CCOCC2)N=C(c2ccc(OCCCO)cc2)O[C@H]1c1ccc(-c2ccccc2)cc1. The molecule has 0 bridgehead atoms. The Kier molecular flexibility index (Phi) is 10.7. The van der Waals surface area contributed by atoms with Crippen LogP contribution in [0.15, 0.2) is 83.9 Å². The van der Waals surface area contributed by atoms with Crippen LogP contribution in [0.5, 0.6) is 5.75 Å². The number of aliphatic imine (C=N–C) groups is 1. The highest BCUT2D eigenvalue weighted by Crippen LogP contribution is 2.44. The van der Waals surface area contributed by atoms with E-state index in [9.17, 15) is 9.59 Å². The summed E-state index contributed by atoms with van der Waals surface area (Å²) in [6.07, 6.45) is -0.267. The summed E-state index contributed by atoms with van der Waals surface area (Å²) in [7, 11) is 0. The van der Waals surface area contributed by atoms with Crippen LogP contribution in [0.25, 0.3) is 11.1 Å². The normalized spacial score (nSPS) is 20.0. The predicted octanol–water partition coefficient (Wildman–Crippen LogP) is 4.86. The number of morpholine rings is 1. The number of nitrogens with zero attached hydrogens (tertiary/aromatic N) is 2. The minimum atomic E-state index is -1.48. The molecule has 0 aromatic heterocycles. The van der Waals surface area contributed by atoms with Gasteiger partial charge in [-0.2, -0.15) is 0 Å². The van der Waals surface area contributed by atoms with Crippen molar-refractivity contribution < 1.29 is 33.6 Å². The van der Waals surface area contributed by atoms with Gasteiger partial charge >= 0.3 is 5.97 Å². The van der Waals surface area contributed by atoms with Gasteiger partial charge in [0.15, 0.2) is 11.6 Å². The van der Waals surface area contributed by atoms with Crippen molar-refractivity contribution in [3.8, 4) is 16.9 Å². The van der Waals surface area contributed by atoms with Gasteiger partial charge in [-0.15, -0.1) is 0 Å². The van der Waals surface area contributed by atoms with E-state index in [1.807, 2.05) is 92.5 Å². The summed E-state index contributed by atoms with van der Waals surface area (Å²) in [4.78, 5) is 32.4.